The van der Waals surface area contributed by atoms with Crippen molar-refractivity contribution in [2.45, 2.75) is 119 Å². The quantitative estimate of drug-likeness (QED) is 0.117. The van der Waals surface area contributed by atoms with Crippen LogP contribution >= 0.6 is 47.7 Å². The second kappa shape index (κ2) is 47.7. The fourth-order valence-electron chi connectivity index (χ4n) is 1.78. The first-order valence-corrected chi connectivity index (χ1v) is 15.4. The number of halogens is 1. The molecule has 185 valence electrons. The maximum absolute atomic E-state index is 2.25. The second-order valence-electron chi connectivity index (χ2n) is 6.96. The second-order valence-corrected chi connectivity index (χ2v) is 10.6. The Morgan fingerprint density at radius 1 is 0.345 bits per heavy atom. The van der Waals surface area contributed by atoms with Crippen molar-refractivity contribution in [2.75, 3.05) is 34.5 Å². The van der Waals surface area contributed by atoms with Crippen LogP contribution in [0.5, 0.6) is 0 Å². The Balaban J connectivity index is -0.0000000960. The number of hydrogen-bond acceptors (Lipinski definition) is 3. The molecule has 1 radical (unpaired) electrons. The van der Waals surface area contributed by atoms with Crippen molar-refractivity contribution in [3.05, 3.63) is 0 Å². The van der Waals surface area contributed by atoms with Gasteiger partial charge < -0.3 is 0 Å². The molecule has 5 heteroatoms. The standard InChI is InChI=1S/3C8H18S.ClH.Rh/c3*1-3-5-7-9-8-6-4-2;;/h3*3-8H2,1-2H3;1H;. The normalized spacial score (nSPS) is 9.31. The smallest absolute Gasteiger partial charge is 0 e. The van der Waals surface area contributed by atoms with E-state index in [0.717, 1.165) is 0 Å². The monoisotopic (exact) mass is 577 g/mol. The van der Waals surface area contributed by atoms with E-state index in [-0.39, 0.29) is 31.9 Å². The van der Waals surface area contributed by atoms with E-state index in [9.17, 15) is 0 Å². The molecule has 0 heterocycles. The van der Waals surface area contributed by atoms with Crippen molar-refractivity contribution >= 4 is 47.7 Å². The van der Waals surface area contributed by atoms with E-state index in [1.54, 1.807) is 0 Å². The van der Waals surface area contributed by atoms with Crippen LogP contribution < -0.4 is 0 Å². The van der Waals surface area contributed by atoms with Crippen LogP contribution in [0.2, 0.25) is 0 Å². The molecule has 0 saturated carbocycles. The van der Waals surface area contributed by atoms with Gasteiger partial charge in [-0.25, -0.2) is 0 Å². The summed E-state index contributed by atoms with van der Waals surface area (Å²) in [6.45, 7) is 13.5. The fourth-order valence-corrected chi connectivity index (χ4v) is 5.35. The zero-order chi connectivity index (χ0) is 20.8. The van der Waals surface area contributed by atoms with Gasteiger partial charge in [-0.1, -0.05) is 80.1 Å². The third-order valence-electron chi connectivity index (χ3n) is 3.85. The van der Waals surface area contributed by atoms with E-state index in [4.69, 9.17) is 0 Å². The van der Waals surface area contributed by atoms with E-state index in [1.165, 1.54) is 112 Å². The summed E-state index contributed by atoms with van der Waals surface area (Å²) in [6.07, 6.45) is 16.5. The minimum Gasteiger partial charge on any atom is -0.162 e. The van der Waals surface area contributed by atoms with Crippen molar-refractivity contribution in [3.8, 4) is 0 Å². The summed E-state index contributed by atoms with van der Waals surface area (Å²) in [5.41, 5.74) is 0. The Morgan fingerprint density at radius 2 is 0.483 bits per heavy atom. The third-order valence-corrected chi connectivity index (χ3v) is 7.32. The first kappa shape index (κ1) is 41.2. The molecular weight excluding hydrogens is 523 g/mol. The molecule has 0 amide bonds. The molecule has 0 aliphatic rings. The van der Waals surface area contributed by atoms with Gasteiger partial charge in [0.15, 0.2) is 0 Å². The van der Waals surface area contributed by atoms with Gasteiger partial charge in [0.2, 0.25) is 0 Å². The summed E-state index contributed by atoms with van der Waals surface area (Å²) < 4.78 is 0. The van der Waals surface area contributed by atoms with Gasteiger partial charge in [-0.2, -0.15) is 35.3 Å². The predicted molar refractivity (Wildman–Crippen MR) is 149 cm³/mol. The predicted octanol–water partition coefficient (Wildman–Crippen LogP) is 10.4. The SMILES string of the molecule is CCCCSCCCC.CCCCSCCCC.CCCCSCCCC.Cl.[Rh]. The maximum atomic E-state index is 2.25. The molecule has 0 spiro atoms. The van der Waals surface area contributed by atoms with E-state index in [2.05, 4.69) is 76.8 Å². The number of unbranched alkanes of at least 4 members (excludes halogenated alkanes) is 6. The van der Waals surface area contributed by atoms with Gasteiger partial charge in [-0.15, -0.1) is 12.4 Å². The van der Waals surface area contributed by atoms with Gasteiger partial charge in [0.25, 0.3) is 0 Å². The molecule has 0 aliphatic heterocycles. The fraction of sp³-hybridized carbons (Fsp3) is 1.00. The van der Waals surface area contributed by atoms with Crippen LogP contribution in [0, 0.1) is 0 Å². The van der Waals surface area contributed by atoms with E-state index >= 15 is 0 Å². The van der Waals surface area contributed by atoms with Gasteiger partial charge in [-0.3, -0.25) is 0 Å². The Labute approximate surface area is 219 Å². The molecule has 0 aromatic heterocycles. The molecule has 0 fully saturated rings. The first-order chi connectivity index (χ1) is 13.2. The molecule has 0 bridgehead atoms. The molecule has 0 rings (SSSR count). The molecule has 0 saturated heterocycles. The molecule has 0 unspecified atom stereocenters. The minimum atomic E-state index is 0. The number of rotatable bonds is 18. The molecule has 0 aromatic carbocycles. The summed E-state index contributed by atoms with van der Waals surface area (Å²) in [6, 6.07) is 0. The molecule has 0 atom stereocenters. The largest absolute Gasteiger partial charge is 0.162 e. The zero-order valence-electron chi connectivity index (χ0n) is 20.7. The van der Waals surface area contributed by atoms with E-state index < -0.39 is 0 Å². The van der Waals surface area contributed by atoms with Crippen molar-refractivity contribution in [1.82, 2.24) is 0 Å². The van der Waals surface area contributed by atoms with Crippen LogP contribution in [-0.2, 0) is 19.5 Å². The summed E-state index contributed by atoms with van der Waals surface area (Å²) in [4.78, 5) is 0. The van der Waals surface area contributed by atoms with Crippen molar-refractivity contribution in [3.63, 3.8) is 0 Å². The molecule has 0 aromatic rings. The van der Waals surface area contributed by atoms with Crippen LogP contribution in [0.3, 0.4) is 0 Å². The van der Waals surface area contributed by atoms with Crippen LogP contribution in [0.25, 0.3) is 0 Å². The maximum Gasteiger partial charge on any atom is 0 e. The molecule has 29 heavy (non-hydrogen) atoms. The topological polar surface area (TPSA) is 0 Å². The molecular formula is C24H55ClRhS3. The Bertz CT molecular complexity index is 159. The Hall–Kier alpha value is 1.96. The minimum absolute atomic E-state index is 0. The van der Waals surface area contributed by atoms with E-state index in [1.807, 2.05) is 0 Å². The molecule has 0 N–H and O–H groups in total. The summed E-state index contributed by atoms with van der Waals surface area (Å²) in [5.74, 6) is 8.23. The van der Waals surface area contributed by atoms with E-state index in [0.29, 0.717) is 0 Å². The summed E-state index contributed by atoms with van der Waals surface area (Å²) in [7, 11) is 0. The van der Waals surface area contributed by atoms with Crippen LogP contribution in [0.15, 0.2) is 0 Å². The zero-order valence-corrected chi connectivity index (χ0v) is 25.6. The van der Waals surface area contributed by atoms with Gasteiger partial charge in [-0.05, 0) is 73.0 Å². The Kier molecular flexibility index (Phi) is 67.8. The van der Waals surface area contributed by atoms with Gasteiger partial charge in [0, 0.05) is 19.5 Å². The molecule has 0 nitrogen and oxygen atoms in total. The average molecular weight is 578 g/mol. The van der Waals surface area contributed by atoms with Crippen molar-refractivity contribution in [2.24, 2.45) is 0 Å². The molecule has 0 aliphatic carbocycles. The van der Waals surface area contributed by atoms with Gasteiger partial charge >= 0.3 is 0 Å². The summed E-state index contributed by atoms with van der Waals surface area (Å²) in [5, 5.41) is 0. The average Bonchev–Trinajstić information content (AvgIpc) is 2.69. The number of thioether (sulfide) groups is 3. The van der Waals surface area contributed by atoms with Crippen molar-refractivity contribution < 1.29 is 19.5 Å². The van der Waals surface area contributed by atoms with Crippen LogP contribution in [0.1, 0.15) is 119 Å². The first-order valence-electron chi connectivity index (χ1n) is 12.0. The van der Waals surface area contributed by atoms with Gasteiger partial charge in [0.05, 0.1) is 0 Å². The third kappa shape index (κ3) is 58.8. The number of hydrogen-bond donors (Lipinski definition) is 0. The Morgan fingerprint density at radius 3 is 0.586 bits per heavy atom. The van der Waals surface area contributed by atoms with Crippen molar-refractivity contribution in [1.29, 1.82) is 0 Å². The summed E-state index contributed by atoms with van der Waals surface area (Å²) >= 11 is 6.31. The van der Waals surface area contributed by atoms with Gasteiger partial charge in [0.1, 0.15) is 0 Å². The van der Waals surface area contributed by atoms with Crippen LogP contribution in [-0.4, -0.2) is 34.5 Å². The van der Waals surface area contributed by atoms with Crippen LogP contribution in [0.4, 0.5) is 0 Å².